The molecule has 0 fully saturated rings. The highest BCUT2D eigenvalue weighted by Crippen LogP contribution is 2.20. The van der Waals surface area contributed by atoms with Crippen molar-refractivity contribution in [1.82, 2.24) is 9.78 Å². The van der Waals surface area contributed by atoms with E-state index in [1.165, 1.54) is 22.5 Å². The first kappa shape index (κ1) is 17.2. The lowest BCUT2D eigenvalue weighted by molar-refractivity contribution is 0.102. The number of benzene rings is 2. The molecule has 0 saturated heterocycles. The Hall–Kier alpha value is -2.66. The van der Waals surface area contributed by atoms with Crippen molar-refractivity contribution in [3.63, 3.8) is 0 Å². The molecule has 0 saturated carbocycles. The minimum Gasteiger partial charge on any atom is -0.319 e. The highest BCUT2D eigenvalue weighted by molar-refractivity contribution is 6.31. The van der Waals surface area contributed by atoms with E-state index < -0.39 is 0 Å². The predicted octanol–water partition coefficient (Wildman–Crippen LogP) is 4.54. The average Bonchev–Trinajstić information content (AvgIpc) is 3.05. The maximum atomic E-state index is 13.8. The molecule has 0 atom stereocenters. The highest BCUT2D eigenvalue weighted by atomic mass is 35.5. The van der Waals surface area contributed by atoms with Crippen molar-refractivity contribution in [3.8, 4) is 0 Å². The molecular formula is C19H17ClFN3O. The fourth-order valence-corrected chi connectivity index (χ4v) is 2.68. The van der Waals surface area contributed by atoms with Crippen LogP contribution in [0.2, 0.25) is 5.02 Å². The number of carbonyl (C=O) groups excluding carboxylic acids is 1. The van der Waals surface area contributed by atoms with E-state index >= 15 is 0 Å². The molecule has 0 unspecified atom stereocenters. The number of hydrogen-bond donors (Lipinski definition) is 1. The second-order valence-corrected chi connectivity index (χ2v) is 6.04. The van der Waals surface area contributed by atoms with Crippen LogP contribution in [0.3, 0.4) is 0 Å². The van der Waals surface area contributed by atoms with Crippen LogP contribution in [0.1, 0.15) is 28.4 Å². The summed E-state index contributed by atoms with van der Waals surface area (Å²) in [5.74, 6) is -0.601. The molecule has 6 heteroatoms. The van der Waals surface area contributed by atoms with Gasteiger partial charge in [0, 0.05) is 22.3 Å². The Morgan fingerprint density at radius 2 is 2.00 bits per heavy atom. The van der Waals surface area contributed by atoms with Crippen LogP contribution in [0, 0.1) is 5.82 Å². The molecule has 0 bridgehead atoms. The summed E-state index contributed by atoms with van der Waals surface area (Å²) < 4.78 is 15.4. The van der Waals surface area contributed by atoms with E-state index in [2.05, 4.69) is 17.3 Å². The number of nitrogens with zero attached hydrogens (tertiary/aromatic N) is 2. The zero-order valence-electron chi connectivity index (χ0n) is 13.7. The maximum Gasteiger partial charge on any atom is 0.255 e. The molecule has 0 spiro atoms. The zero-order valence-corrected chi connectivity index (χ0v) is 14.4. The summed E-state index contributed by atoms with van der Waals surface area (Å²) in [6.45, 7) is 2.25. The maximum absolute atomic E-state index is 13.8. The van der Waals surface area contributed by atoms with Crippen LogP contribution < -0.4 is 5.32 Å². The number of hydrogen-bond acceptors (Lipinski definition) is 2. The second kappa shape index (κ2) is 7.49. The molecule has 0 aliphatic heterocycles. The molecule has 1 aromatic heterocycles. The minimum absolute atomic E-state index is 0.187. The smallest absolute Gasteiger partial charge is 0.255 e. The topological polar surface area (TPSA) is 46.9 Å². The number of nitrogens with one attached hydrogen (secondary N) is 1. The fourth-order valence-electron chi connectivity index (χ4n) is 2.46. The van der Waals surface area contributed by atoms with E-state index in [0.29, 0.717) is 21.8 Å². The summed E-state index contributed by atoms with van der Waals surface area (Å²) >= 11 is 6.02. The average molecular weight is 358 g/mol. The predicted molar refractivity (Wildman–Crippen MR) is 96.5 cm³/mol. The molecule has 128 valence electrons. The summed E-state index contributed by atoms with van der Waals surface area (Å²) in [6, 6.07) is 12.0. The third-order valence-corrected chi connectivity index (χ3v) is 4.25. The van der Waals surface area contributed by atoms with E-state index in [4.69, 9.17) is 11.6 Å². The van der Waals surface area contributed by atoms with Gasteiger partial charge in [-0.3, -0.25) is 9.48 Å². The molecule has 1 N–H and O–H groups in total. The van der Waals surface area contributed by atoms with Crippen LogP contribution in [0.4, 0.5) is 10.1 Å². The van der Waals surface area contributed by atoms with Gasteiger partial charge < -0.3 is 5.32 Å². The second-order valence-electron chi connectivity index (χ2n) is 5.63. The molecule has 3 aromatic rings. The Balaban J connectivity index is 1.70. The first-order valence-electron chi connectivity index (χ1n) is 7.92. The lowest BCUT2D eigenvalue weighted by Gasteiger charge is -2.06. The quantitative estimate of drug-likeness (QED) is 0.728. The van der Waals surface area contributed by atoms with Gasteiger partial charge in [0.15, 0.2) is 0 Å². The molecule has 0 aliphatic rings. The number of halogens is 2. The third kappa shape index (κ3) is 4.06. The molecule has 0 aliphatic carbocycles. The van der Waals surface area contributed by atoms with Crippen molar-refractivity contribution in [2.45, 2.75) is 19.9 Å². The van der Waals surface area contributed by atoms with Crippen molar-refractivity contribution in [1.29, 1.82) is 0 Å². The number of carbonyl (C=O) groups is 1. The number of aryl methyl sites for hydroxylation is 1. The van der Waals surface area contributed by atoms with Gasteiger partial charge in [0.1, 0.15) is 5.82 Å². The van der Waals surface area contributed by atoms with Crippen LogP contribution in [0.5, 0.6) is 0 Å². The molecular weight excluding hydrogens is 341 g/mol. The van der Waals surface area contributed by atoms with Gasteiger partial charge in [0.2, 0.25) is 0 Å². The Kier molecular flexibility index (Phi) is 5.14. The SMILES string of the molecule is CCc1ccc(C(=O)Nc2cnn(Cc3c(F)cccc3Cl)c2)cc1. The minimum atomic E-state index is -0.385. The van der Waals surface area contributed by atoms with E-state index in [9.17, 15) is 9.18 Å². The van der Waals surface area contributed by atoms with Gasteiger partial charge in [-0.1, -0.05) is 36.7 Å². The van der Waals surface area contributed by atoms with Crippen molar-refractivity contribution >= 4 is 23.2 Å². The Morgan fingerprint density at radius 1 is 1.24 bits per heavy atom. The van der Waals surface area contributed by atoms with Crippen LogP contribution >= 0.6 is 11.6 Å². The van der Waals surface area contributed by atoms with E-state index in [1.807, 2.05) is 12.1 Å². The van der Waals surface area contributed by atoms with Crippen LogP contribution in [-0.2, 0) is 13.0 Å². The van der Waals surface area contributed by atoms with Gasteiger partial charge >= 0.3 is 0 Å². The number of aromatic nitrogens is 2. The van der Waals surface area contributed by atoms with E-state index in [-0.39, 0.29) is 18.3 Å². The third-order valence-electron chi connectivity index (χ3n) is 3.90. The van der Waals surface area contributed by atoms with Gasteiger partial charge in [-0.05, 0) is 36.2 Å². The van der Waals surface area contributed by atoms with Crippen LogP contribution in [-0.4, -0.2) is 15.7 Å². The summed E-state index contributed by atoms with van der Waals surface area (Å²) in [7, 11) is 0. The largest absolute Gasteiger partial charge is 0.319 e. The molecule has 1 heterocycles. The normalized spacial score (nSPS) is 10.7. The first-order valence-corrected chi connectivity index (χ1v) is 8.30. The monoisotopic (exact) mass is 357 g/mol. The number of anilines is 1. The van der Waals surface area contributed by atoms with Gasteiger partial charge in [0.25, 0.3) is 5.91 Å². The van der Waals surface area contributed by atoms with Crippen molar-refractivity contribution in [2.24, 2.45) is 0 Å². The number of amides is 1. The van der Waals surface area contributed by atoms with Gasteiger partial charge in [0.05, 0.1) is 18.4 Å². The Bertz CT molecular complexity index is 870. The summed E-state index contributed by atoms with van der Waals surface area (Å²) in [5.41, 5.74) is 2.64. The van der Waals surface area contributed by atoms with E-state index in [1.54, 1.807) is 30.5 Å². The molecule has 2 aromatic carbocycles. The molecule has 1 amide bonds. The lowest BCUT2D eigenvalue weighted by Crippen LogP contribution is -2.11. The van der Waals surface area contributed by atoms with Crippen molar-refractivity contribution in [3.05, 3.63) is 82.4 Å². The molecule has 0 radical (unpaired) electrons. The Morgan fingerprint density at radius 3 is 2.68 bits per heavy atom. The highest BCUT2D eigenvalue weighted by Gasteiger charge is 2.10. The van der Waals surface area contributed by atoms with E-state index in [0.717, 1.165) is 6.42 Å². The summed E-state index contributed by atoms with van der Waals surface area (Å²) in [6.07, 6.45) is 4.08. The Labute approximate surface area is 150 Å². The fraction of sp³-hybridized carbons (Fsp3) is 0.158. The summed E-state index contributed by atoms with van der Waals surface area (Å²) in [4.78, 5) is 12.3. The summed E-state index contributed by atoms with van der Waals surface area (Å²) in [5, 5.41) is 7.27. The van der Waals surface area contributed by atoms with Crippen LogP contribution in [0.25, 0.3) is 0 Å². The zero-order chi connectivity index (χ0) is 17.8. The van der Waals surface area contributed by atoms with Gasteiger partial charge in [-0.25, -0.2) is 4.39 Å². The molecule has 3 rings (SSSR count). The number of rotatable bonds is 5. The molecule has 4 nitrogen and oxygen atoms in total. The molecule has 25 heavy (non-hydrogen) atoms. The van der Waals surface area contributed by atoms with Gasteiger partial charge in [-0.2, -0.15) is 5.10 Å². The van der Waals surface area contributed by atoms with Crippen molar-refractivity contribution < 1.29 is 9.18 Å². The standard InChI is InChI=1S/C19H17ClFN3O/c1-2-13-6-8-14(9-7-13)19(25)23-15-10-22-24(11-15)12-16-17(20)4-3-5-18(16)21/h3-11H,2,12H2,1H3,(H,23,25). The van der Waals surface area contributed by atoms with Gasteiger partial charge in [-0.15, -0.1) is 0 Å². The van der Waals surface area contributed by atoms with Crippen LogP contribution in [0.15, 0.2) is 54.9 Å². The lowest BCUT2D eigenvalue weighted by atomic mass is 10.1. The first-order chi connectivity index (χ1) is 12.1. The van der Waals surface area contributed by atoms with Crippen molar-refractivity contribution in [2.75, 3.05) is 5.32 Å².